The molecule has 10 nitrogen and oxygen atoms in total. The number of rotatable bonds is 4. The van der Waals surface area contributed by atoms with Crippen molar-refractivity contribution in [1.29, 1.82) is 0 Å². The van der Waals surface area contributed by atoms with Gasteiger partial charge in [0.15, 0.2) is 0 Å². The van der Waals surface area contributed by atoms with Gasteiger partial charge in [-0.05, 0) is 63.5 Å². The normalized spacial score (nSPS) is 32.3. The van der Waals surface area contributed by atoms with Gasteiger partial charge in [-0.1, -0.05) is 30.3 Å². The number of likely N-dealkylation sites (tertiary alicyclic amines) is 1. The minimum Gasteiger partial charge on any atom is -0.378 e. The Hall–Kier alpha value is -2.98. The van der Waals surface area contributed by atoms with E-state index in [2.05, 4.69) is 15.5 Å². The van der Waals surface area contributed by atoms with E-state index in [1.54, 1.807) is 6.92 Å². The van der Waals surface area contributed by atoms with Crippen molar-refractivity contribution in [3.05, 3.63) is 35.9 Å². The van der Waals surface area contributed by atoms with E-state index in [0.29, 0.717) is 65.0 Å². The minimum absolute atomic E-state index is 0.0693. The summed E-state index contributed by atoms with van der Waals surface area (Å²) in [7, 11) is 1.97. The Balaban J connectivity index is 1.28. The van der Waals surface area contributed by atoms with Crippen LogP contribution >= 0.6 is 0 Å². The van der Waals surface area contributed by atoms with Gasteiger partial charge < -0.3 is 25.2 Å². The number of hydrogen-bond acceptors (Lipinski definition) is 6. The summed E-state index contributed by atoms with van der Waals surface area (Å²) in [5.74, 6) is -0.115. The van der Waals surface area contributed by atoms with Crippen molar-refractivity contribution in [3.8, 4) is 0 Å². The van der Waals surface area contributed by atoms with Gasteiger partial charge in [0.05, 0.1) is 13.2 Å². The van der Waals surface area contributed by atoms with Crippen LogP contribution in [0.1, 0.15) is 44.6 Å². The van der Waals surface area contributed by atoms with Gasteiger partial charge in [0, 0.05) is 38.6 Å². The Morgan fingerprint density at radius 2 is 1.88 bits per heavy atom. The van der Waals surface area contributed by atoms with Crippen molar-refractivity contribution in [2.75, 3.05) is 46.4 Å². The van der Waals surface area contributed by atoms with E-state index in [1.165, 1.54) is 0 Å². The molecule has 0 spiro atoms. The zero-order valence-electron chi connectivity index (χ0n) is 23.7. The molecule has 4 saturated heterocycles. The van der Waals surface area contributed by atoms with Crippen molar-refractivity contribution in [2.24, 2.45) is 11.8 Å². The Labute approximate surface area is 236 Å². The highest BCUT2D eigenvalue weighted by Gasteiger charge is 2.46. The van der Waals surface area contributed by atoms with Crippen LogP contribution in [0.5, 0.6) is 0 Å². The Kier molecular flexibility index (Phi) is 9.05. The average molecular weight is 554 g/mol. The molecule has 4 fully saturated rings. The largest absolute Gasteiger partial charge is 0.378 e. The molecule has 4 aliphatic heterocycles. The molecule has 40 heavy (non-hydrogen) atoms. The van der Waals surface area contributed by atoms with Crippen molar-refractivity contribution in [1.82, 2.24) is 25.3 Å². The molecule has 218 valence electrons. The summed E-state index contributed by atoms with van der Waals surface area (Å²) in [5, 5.41) is 5.82. The highest BCUT2D eigenvalue weighted by molar-refractivity contribution is 5.92. The summed E-state index contributed by atoms with van der Waals surface area (Å²) < 4.78 is 5.60. The second-order valence-corrected chi connectivity index (χ2v) is 12.0. The number of likely N-dealkylation sites (N-methyl/N-ethyl adjacent to an activating group) is 1. The quantitative estimate of drug-likeness (QED) is 0.571. The first-order chi connectivity index (χ1) is 19.3. The van der Waals surface area contributed by atoms with Crippen LogP contribution in [0, 0.1) is 11.8 Å². The monoisotopic (exact) mass is 553 g/mol. The van der Waals surface area contributed by atoms with Gasteiger partial charge in [0.2, 0.25) is 23.6 Å². The maximum atomic E-state index is 13.7. The minimum atomic E-state index is -0.699. The predicted molar refractivity (Wildman–Crippen MR) is 149 cm³/mol. The zero-order valence-corrected chi connectivity index (χ0v) is 23.7. The van der Waals surface area contributed by atoms with Crippen molar-refractivity contribution >= 4 is 23.6 Å². The lowest BCUT2D eigenvalue weighted by molar-refractivity contribution is -0.153. The van der Waals surface area contributed by atoms with Gasteiger partial charge in [-0.3, -0.25) is 24.1 Å². The van der Waals surface area contributed by atoms with E-state index in [4.69, 9.17) is 4.74 Å². The first-order valence-corrected chi connectivity index (χ1v) is 14.8. The summed E-state index contributed by atoms with van der Waals surface area (Å²) in [6, 6.07) is 8.14. The van der Waals surface area contributed by atoms with Crippen LogP contribution in [-0.2, 0) is 30.3 Å². The third-order valence-corrected chi connectivity index (χ3v) is 9.09. The number of amides is 4. The summed E-state index contributed by atoms with van der Waals surface area (Å²) in [6.07, 6.45) is 3.69. The zero-order chi connectivity index (χ0) is 28.2. The summed E-state index contributed by atoms with van der Waals surface area (Å²) in [4.78, 5) is 59.3. The molecular formula is C30H43N5O5. The molecule has 0 aliphatic carbocycles. The van der Waals surface area contributed by atoms with Crippen LogP contribution in [0.25, 0.3) is 0 Å². The Morgan fingerprint density at radius 3 is 2.65 bits per heavy atom. The van der Waals surface area contributed by atoms with Crippen LogP contribution in [0.3, 0.4) is 0 Å². The van der Waals surface area contributed by atoms with Gasteiger partial charge in [-0.15, -0.1) is 0 Å². The molecule has 6 atom stereocenters. The first-order valence-electron chi connectivity index (χ1n) is 14.8. The molecule has 2 bridgehead atoms. The molecule has 0 saturated carbocycles. The second kappa shape index (κ2) is 12.7. The second-order valence-electron chi connectivity index (χ2n) is 12.0. The molecular weight excluding hydrogens is 510 g/mol. The number of aryl methyl sites for hydroxylation is 1. The average Bonchev–Trinajstić information content (AvgIpc) is 2.95. The van der Waals surface area contributed by atoms with E-state index in [-0.39, 0.29) is 47.5 Å². The van der Waals surface area contributed by atoms with Crippen molar-refractivity contribution < 1.29 is 23.9 Å². The molecule has 5 rings (SSSR count). The fraction of sp³-hybridized carbons (Fsp3) is 0.667. The van der Waals surface area contributed by atoms with E-state index in [1.807, 2.05) is 47.2 Å². The number of morpholine rings is 1. The van der Waals surface area contributed by atoms with Crippen LogP contribution in [0.15, 0.2) is 30.3 Å². The number of ether oxygens (including phenoxy) is 1. The Bertz CT molecular complexity index is 1080. The lowest BCUT2D eigenvalue weighted by Crippen LogP contribution is -2.64. The van der Waals surface area contributed by atoms with Gasteiger partial charge >= 0.3 is 0 Å². The predicted octanol–water partition coefficient (Wildman–Crippen LogP) is 0.799. The summed E-state index contributed by atoms with van der Waals surface area (Å²) in [6.45, 7) is 5.31. The van der Waals surface area contributed by atoms with Crippen molar-refractivity contribution in [3.63, 3.8) is 0 Å². The first kappa shape index (κ1) is 28.5. The maximum Gasteiger partial charge on any atom is 0.245 e. The third kappa shape index (κ3) is 6.49. The molecule has 4 amide bonds. The Morgan fingerprint density at radius 1 is 1.07 bits per heavy atom. The number of carbonyl (C=O) groups excluding carboxylic acids is 4. The smallest absolute Gasteiger partial charge is 0.245 e. The van der Waals surface area contributed by atoms with Crippen molar-refractivity contribution in [2.45, 2.75) is 69.6 Å². The molecule has 0 aromatic heterocycles. The van der Waals surface area contributed by atoms with Crippen LogP contribution in [-0.4, -0.2) is 109 Å². The number of nitrogens with one attached hydrogen (secondary N) is 2. The van der Waals surface area contributed by atoms with Gasteiger partial charge in [-0.25, -0.2) is 0 Å². The van der Waals surface area contributed by atoms with Crippen LogP contribution < -0.4 is 10.6 Å². The van der Waals surface area contributed by atoms with Gasteiger partial charge in [0.1, 0.15) is 18.1 Å². The highest BCUT2D eigenvalue weighted by Crippen LogP contribution is 2.36. The summed E-state index contributed by atoms with van der Waals surface area (Å²) >= 11 is 0. The van der Waals surface area contributed by atoms with E-state index in [9.17, 15) is 19.2 Å². The van der Waals surface area contributed by atoms with Crippen LogP contribution in [0.4, 0.5) is 0 Å². The topological polar surface area (TPSA) is 111 Å². The highest BCUT2D eigenvalue weighted by atomic mass is 16.5. The van der Waals surface area contributed by atoms with E-state index in [0.717, 1.165) is 18.5 Å². The number of nitrogens with zero attached hydrogens (tertiary/aromatic N) is 3. The van der Waals surface area contributed by atoms with Gasteiger partial charge in [-0.2, -0.15) is 0 Å². The van der Waals surface area contributed by atoms with E-state index >= 15 is 0 Å². The molecule has 4 aliphatic rings. The molecule has 0 radical (unpaired) electrons. The molecule has 1 aromatic rings. The number of carbonyl (C=O) groups is 4. The van der Waals surface area contributed by atoms with E-state index < -0.39 is 12.1 Å². The standard InChI is InChI=1S/C30H43N5O5/c1-20-29(38)35-17-22-15-23(18-34(16-22)30(39)26-19-40-14-13-33(26)2)25(35)9-6-10-27(36)32-24(28(37)31-20)12-11-21-7-4-3-5-8-21/h3-5,7-8,20,22-26H,6,9-19H2,1-2H3,(H,31,37)(H,32,36)/t20-,22+,23-,24+,25+,26-/m1/s1. The molecule has 2 N–H and O–H groups in total. The summed E-state index contributed by atoms with van der Waals surface area (Å²) in [5.41, 5.74) is 1.10. The molecule has 10 heteroatoms. The van der Waals surface area contributed by atoms with Crippen LogP contribution in [0.2, 0.25) is 0 Å². The molecule has 0 unspecified atom stereocenters. The third-order valence-electron chi connectivity index (χ3n) is 9.09. The van der Waals surface area contributed by atoms with Gasteiger partial charge in [0.25, 0.3) is 0 Å². The fourth-order valence-electron chi connectivity index (χ4n) is 6.89. The fourth-order valence-corrected chi connectivity index (χ4v) is 6.89. The SMILES string of the molecule is C[C@H]1NC(=O)[C@H](CCc2ccccc2)NC(=O)CCC[C@H]2[C@@H]3C[C@@H](CN(C(=O)[C@H]4COCCN4C)C3)CN2C1=O. The number of hydrogen-bond donors (Lipinski definition) is 2. The number of piperidine rings is 2. The number of benzene rings is 1. The molecule has 4 heterocycles. The lowest BCUT2D eigenvalue weighted by atomic mass is 9.77. The maximum absolute atomic E-state index is 13.7. The number of fused-ring (bicyclic) bond motifs is 4. The molecule has 1 aromatic carbocycles. The lowest BCUT2D eigenvalue weighted by Gasteiger charge is -2.52.